The molecule has 0 aromatic heterocycles. The predicted molar refractivity (Wildman–Crippen MR) is 98.7 cm³/mol. The van der Waals surface area contributed by atoms with Crippen molar-refractivity contribution in [3.05, 3.63) is 29.3 Å². The third-order valence-corrected chi connectivity index (χ3v) is 6.35. The second kappa shape index (κ2) is 7.45. The summed E-state index contributed by atoms with van der Waals surface area (Å²) in [5, 5.41) is 0. The summed E-state index contributed by atoms with van der Waals surface area (Å²) < 4.78 is 6.23. The summed E-state index contributed by atoms with van der Waals surface area (Å²) >= 11 is 0. The molecule has 0 radical (unpaired) electrons. The van der Waals surface area contributed by atoms with Crippen molar-refractivity contribution >= 4 is 0 Å². The van der Waals surface area contributed by atoms with Gasteiger partial charge >= 0.3 is 0 Å². The number of ether oxygens (including phenoxy) is 1. The van der Waals surface area contributed by atoms with Crippen molar-refractivity contribution in [2.75, 3.05) is 33.3 Å². The van der Waals surface area contributed by atoms with Crippen molar-refractivity contribution in [1.29, 1.82) is 0 Å². The molecule has 2 aliphatic heterocycles. The molecule has 2 unspecified atom stereocenters. The van der Waals surface area contributed by atoms with Gasteiger partial charge in [0.1, 0.15) is 12.4 Å². The lowest BCUT2D eigenvalue weighted by Crippen LogP contribution is -2.40. The number of piperidine rings is 1. The normalized spacial score (nSPS) is 28.7. The van der Waals surface area contributed by atoms with Crippen molar-refractivity contribution in [3.63, 3.8) is 0 Å². The second-order valence-corrected chi connectivity index (χ2v) is 7.95. The van der Waals surface area contributed by atoms with E-state index in [2.05, 4.69) is 35.0 Å². The molecular formula is C21H32N2O. The molecule has 2 atom stereocenters. The molecule has 1 aromatic carbocycles. The minimum absolute atomic E-state index is 0.587. The highest BCUT2D eigenvalue weighted by Crippen LogP contribution is 2.38. The summed E-state index contributed by atoms with van der Waals surface area (Å²) in [4.78, 5) is 5.17. The smallest absolute Gasteiger partial charge is 0.119 e. The van der Waals surface area contributed by atoms with E-state index in [4.69, 9.17) is 4.74 Å². The Kier molecular flexibility index (Phi) is 5.09. The van der Waals surface area contributed by atoms with Gasteiger partial charge in [0.15, 0.2) is 0 Å². The lowest BCUT2D eigenvalue weighted by Gasteiger charge is -2.34. The highest BCUT2D eigenvalue weighted by Gasteiger charge is 2.28. The van der Waals surface area contributed by atoms with E-state index in [-0.39, 0.29) is 0 Å². The van der Waals surface area contributed by atoms with Gasteiger partial charge in [0.25, 0.3) is 0 Å². The average molecular weight is 329 g/mol. The Labute approximate surface area is 147 Å². The van der Waals surface area contributed by atoms with Crippen LogP contribution in [0.3, 0.4) is 0 Å². The molecule has 0 amide bonds. The number of hydrogen-bond donors (Lipinski definition) is 0. The van der Waals surface area contributed by atoms with Crippen LogP contribution in [0.5, 0.6) is 5.75 Å². The maximum Gasteiger partial charge on any atom is 0.119 e. The number of likely N-dealkylation sites (N-methyl/N-ethyl adjacent to an activating group) is 1. The number of rotatable bonds is 4. The van der Waals surface area contributed by atoms with Crippen LogP contribution in [-0.2, 0) is 6.42 Å². The van der Waals surface area contributed by atoms with Gasteiger partial charge in [-0.25, -0.2) is 0 Å². The Morgan fingerprint density at radius 2 is 1.83 bits per heavy atom. The van der Waals surface area contributed by atoms with E-state index in [9.17, 15) is 0 Å². The molecule has 1 aromatic rings. The van der Waals surface area contributed by atoms with Gasteiger partial charge in [0.2, 0.25) is 0 Å². The first-order chi connectivity index (χ1) is 11.8. The first-order valence-corrected chi connectivity index (χ1v) is 10.0. The molecule has 0 N–H and O–H groups in total. The molecule has 0 saturated carbocycles. The van der Waals surface area contributed by atoms with Crippen LogP contribution in [-0.4, -0.2) is 49.1 Å². The quantitative estimate of drug-likeness (QED) is 0.830. The summed E-state index contributed by atoms with van der Waals surface area (Å²) in [7, 11) is 2.24. The summed E-state index contributed by atoms with van der Waals surface area (Å²) in [5.74, 6) is 1.08. The molecular weight excluding hydrogens is 296 g/mol. The zero-order chi connectivity index (χ0) is 16.4. The molecule has 0 spiro atoms. The minimum atomic E-state index is 0.587. The van der Waals surface area contributed by atoms with Gasteiger partial charge in [-0.3, -0.25) is 4.90 Å². The van der Waals surface area contributed by atoms with Crippen LogP contribution in [0.15, 0.2) is 18.2 Å². The molecule has 1 aliphatic carbocycles. The van der Waals surface area contributed by atoms with E-state index in [1.165, 1.54) is 71.0 Å². The second-order valence-electron chi connectivity index (χ2n) is 7.95. The summed E-state index contributed by atoms with van der Waals surface area (Å²) in [6.45, 7) is 4.61. The number of aryl methyl sites for hydroxylation is 1. The maximum atomic E-state index is 6.23. The zero-order valence-electron chi connectivity index (χ0n) is 15.2. The number of fused-ring (bicyclic) bond motifs is 1. The van der Waals surface area contributed by atoms with Crippen molar-refractivity contribution in [2.45, 2.75) is 63.5 Å². The molecule has 4 rings (SSSR count). The predicted octanol–water partition coefficient (Wildman–Crippen LogP) is 4.02. The third kappa shape index (κ3) is 3.48. The zero-order valence-corrected chi connectivity index (χ0v) is 15.2. The summed E-state index contributed by atoms with van der Waals surface area (Å²) in [6.07, 6.45) is 10.6. The van der Waals surface area contributed by atoms with Crippen LogP contribution < -0.4 is 4.74 Å². The van der Waals surface area contributed by atoms with Gasteiger partial charge in [0.05, 0.1) is 0 Å². The highest BCUT2D eigenvalue weighted by molar-refractivity contribution is 5.39. The van der Waals surface area contributed by atoms with E-state index in [0.717, 1.165) is 12.4 Å². The van der Waals surface area contributed by atoms with Crippen LogP contribution in [0, 0.1) is 0 Å². The van der Waals surface area contributed by atoms with Crippen LogP contribution in [0.2, 0.25) is 0 Å². The number of likely N-dealkylation sites (tertiary alicyclic amines) is 2. The molecule has 3 aliphatic rings. The topological polar surface area (TPSA) is 15.7 Å². The van der Waals surface area contributed by atoms with E-state index >= 15 is 0 Å². The minimum Gasteiger partial charge on any atom is -0.492 e. The van der Waals surface area contributed by atoms with Gasteiger partial charge in [-0.2, -0.15) is 0 Å². The third-order valence-electron chi connectivity index (χ3n) is 6.35. The van der Waals surface area contributed by atoms with Crippen LogP contribution in [0.4, 0.5) is 0 Å². The van der Waals surface area contributed by atoms with E-state index in [1.54, 1.807) is 11.1 Å². The summed E-state index contributed by atoms with van der Waals surface area (Å²) in [5.41, 5.74) is 3.11. The van der Waals surface area contributed by atoms with Gasteiger partial charge < -0.3 is 9.64 Å². The average Bonchev–Trinajstić information content (AvgIpc) is 3.15. The number of nitrogens with zero attached hydrogens (tertiary/aromatic N) is 2. The molecule has 2 heterocycles. The standard InChI is InChI=1S/C21H32N2O/c1-22-12-3-2-8-18(22)16-24-19-11-10-17-7-6-9-21(20(17)15-19)23-13-4-5-14-23/h10-11,15,18,21H,2-9,12-14,16H2,1H3. The van der Waals surface area contributed by atoms with Crippen LogP contribution >= 0.6 is 0 Å². The number of benzene rings is 1. The molecule has 132 valence electrons. The van der Waals surface area contributed by atoms with E-state index in [1.807, 2.05) is 0 Å². The Morgan fingerprint density at radius 1 is 1.00 bits per heavy atom. The first kappa shape index (κ1) is 16.4. The molecule has 2 fully saturated rings. The van der Waals surface area contributed by atoms with Crippen LogP contribution in [0.25, 0.3) is 0 Å². The monoisotopic (exact) mass is 328 g/mol. The SMILES string of the molecule is CN1CCCCC1COc1ccc2c(c1)C(N1CCCC1)CCC2. The fraction of sp³-hybridized carbons (Fsp3) is 0.714. The Hall–Kier alpha value is -1.06. The highest BCUT2D eigenvalue weighted by atomic mass is 16.5. The van der Waals surface area contributed by atoms with Gasteiger partial charge in [0, 0.05) is 12.1 Å². The van der Waals surface area contributed by atoms with Gasteiger partial charge in [-0.15, -0.1) is 0 Å². The lowest BCUT2D eigenvalue weighted by atomic mass is 9.86. The molecule has 0 bridgehead atoms. The maximum absolute atomic E-state index is 6.23. The Morgan fingerprint density at radius 3 is 2.67 bits per heavy atom. The van der Waals surface area contributed by atoms with Crippen molar-refractivity contribution in [1.82, 2.24) is 9.80 Å². The van der Waals surface area contributed by atoms with E-state index in [0.29, 0.717) is 12.1 Å². The molecule has 24 heavy (non-hydrogen) atoms. The Balaban J connectivity index is 1.46. The van der Waals surface area contributed by atoms with Crippen molar-refractivity contribution in [3.8, 4) is 5.75 Å². The van der Waals surface area contributed by atoms with Gasteiger partial charge in [-0.1, -0.05) is 12.5 Å². The van der Waals surface area contributed by atoms with Crippen molar-refractivity contribution in [2.24, 2.45) is 0 Å². The Bertz CT molecular complexity index is 553. The van der Waals surface area contributed by atoms with E-state index < -0.39 is 0 Å². The molecule has 2 saturated heterocycles. The largest absolute Gasteiger partial charge is 0.492 e. The first-order valence-electron chi connectivity index (χ1n) is 10.0. The number of hydrogen-bond acceptors (Lipinski definition) is 3. The fourth-order valence-electron chi connectivity index (χ4n) is 4.82. The van der Waals surface area contributed by atoms with Crippen molar-refractivity contribution < 1.29 is 4.74 Å². The van der Waals surface area contributed by atoms with Gasteiger partial charge in [-0.05, 0) is 94.9 Å². The summed E-state index contributed by atoms with van der Waals surface area (Å²) in [6, 6.07) is 8.12. The van der Waals surface area contributed by atoms with Crippen LogP contribution in [0.1, 0.15) is 62.1 Å². The molecule has 3 heteroatoms. The molecule has 3 nitrogen and oxygen atoms in total. The fourth-order valence-corrected chi connectivity index (χ4v) is 4.82. The lowest BCUT2D eigenvalue weighted by molar-refractivity contribution is 0.125.